The molecule has 0 amide bonds. The molecule has 0 unspecified atom stereocenters. The summed E-state index contributed by atoms with van der Waals surface area (Å²) in [5.41, 5.74) is 9.90. The number of thiophene rings is 1. The van der Waals surface area contributed by atoms with Gasteiger partial charge in [-0.2, -0.15) is 0 Å². The quantitative estimate of drug-likeness (QED) is 0.178. The first-order valence-electron chi connectivity index (χ1n) is 18.0. The Kier molecular flexibility index (Phi) is 6.76. The van der Waals surface area contributed by atoms with Crippen LogP contribution in [0.1, 0.15) is 0 Å². The van der Waals surface area contributed by atoms with Gasteiger partial charge in [0.05, 0.1) is 0 Å². The average Bonchev–Trinajstić information content (AvgIpc) is 3.79. The minimum absolute atomic E-state index is 0.890. The fourth-order valence-corrected chi connectivity index (χ4v) is 9.33. The van der Waals surface area contributed by atoms with E-state index in [1.54, 1.807) is 0 Å². The number of nitrogens with zero attached hydrogens (tertiary/aromatic N) is 1. The third-order valence-electron chi connectivity index (χ3n) is 10.7. The Labute approximate surface area is 310 Å². The zero-order valence-corrected chi connectivity index (χ0v) is 29.5. The van der Waals surface area contributed by atoms with Crippen LogP contribution in [0.4, 0.5) is 17.1 Å². The topological polar surface area (TPSA) is 16.4 Å². The molecule has 0 aliphatic rings. The first-order chi connectivity index (χ1) is 26.2. The van der Waals surface area contributed by atoms with E-state index in [0.29, 0.717) is 0 Å². The Morgan fingerprint density at radius 3 is 1.77 bits per heavy atom. The van der Waals surface area contributed by atoms with E-state index in [-0.39, 0.29) is 0 Å². The molecule has 11 rings (SSSR count). The second-order valence-corrected chi connectivity index (χ2v) is 14.8. The molecule has 0 aliphatic heterocycles. The van der Waals surface area contributed by atoms with Crippen LogP contribution in [0.3, 0.4) is 0 Å². The van der Waals surface area contributed by atoms with Crippen molar-refractivity contribution >= 4 is 92.1 Å². The number of hydrogen-bond acceptors (Lipinski definition) is 3. The van der Waals surface area contributed by atoms with E-state index in [1.165, 1.54) is 64.0 Å². The fourth-order valence-electron chi connectivity index (χ4n) is 8.05. The van der Waals surface area contributed by atoms with Crippen molar-refractivity contribution in [3.8, 4) is 22.3 Å². The fraction of sp³-hybridized carbons (Fsp3) is 0. The van der Waals surface area contributed by atoms with Gasteiger partial charge in [-0.3, -0.25) is 0 Å². The molecule has 2 heterocycles. The van der Waals surface area contributed by atoms with E-state index in [2.05, 4.69) is 181 Å². The van der Waals surface area contributed by atoms with Gasteiger partial charge in [0, 0.05) is 48.0 Å². The number of fused-ring (bicyclic) bond motifs is 9. The number of furan rings is 1. The smallest absolute Gasteiger partial charge is 0.135 e. The van der Waals surface area contributed by atoms with E-state index >= 15 is 0 Å². The molecule has 2 nitrogen and oxygen atoms in total. The van der Waals surface area contributed by atoms with E-state index in [0.717, 1.165) is 39.0 Å². The number of rotatable bonds is 5. The normalized spacial score (nSPS) is 11.8. The van der Waals surface area contributed by atoms with Crippen LogP contribution in [0.25, 0.3) is 85.9 Å². The molecule has 0 radical (unpaired) electrons. The van der Waals surface area contributed by atoms with E-state index in [9.17, 15) is 0 Å². The van der Waals surface area contributed by atoms with Gasteiger partial charge in [0.15, 0.2) is 0 Å². The third kappa shape index (κ3) is 4.93. The standard InChI is InChI=1S/C50H31NOS/c1-3-11-40-33(8-1)10-7-14-41(40)35-18-24-38(25-19-35)51(39-26-29-48-46(31-39)43-13-5-6-15-47(43)52-48)37-22-16-32(17-23-37)36-21-27-44-45-28-20-34-9-2-4-12-42(34)50(45)53-49(44)30-36/h1-31H. The third-order valence-corrected chi connectivity index (χ3v) is 11.9. The SMILES string of the molecule is c1ccc2c(-c3ccc(N(c4ccc(-c5ccc6c(c5)sc5c7ccccc7ccc65)cc4)c4ccc5oc6ccccc6c5c4)cc3)cccc2c1. The van der Waals surface area contributed by atoms with Crippen molar-refractivity contribution in [3.63, 3.8) is 0 Å². The molecule has 0 saturated carbocycles. The van der Waals surface area contributed by atoms with Gasteiger partial charge in [-0.1, -0.05) is 133 Å². The highest BCUT2D eigenvalue weighted by Crippen LogP contribution is 2.42. The minimum Gasteiger partial charge on any atom is -0.456 e. The van der Waals surface area contributed by atoms with E-state index < -0.39 is 0 Å². The molecule has 0 atom stereocenters. The van der Waals surface area contributed by atoms with Crippen LogP contribution >= 0.6 is 11.3 Å². The number of anilines is 3. The molecule has 9 aromatic carbocycles. The van der Waals surface area contributed by atoms with E-state index in [4.69, 9.17) is 4.42 Å². The molecule has 3 heteroatoms. The molecular formula is C50H31NOS. The van der Waals surface area contributed by atoms with Gasteiger partial charge in [-0.05, 0) is 98.4 Å². The molecule has 248 valence electrons. The summed E-state index contributed by atoms with van der Waals surface area (Å²) in [7, 11) is 0. The van der Waals surface area contributed by atoms with Gasteiger partial charge < -0.3 is 9.32 Å². The highest BCUT2D eigenvalue weighted by molar-refractivity contribution is 7.26. The summed E-state index contributed by atoms with van der Waals surface area (Å²) >= 11 is 1.89. The van der Waals surface area contributed by atoms with Crippen LogP contribution in [0.2, 0.25) is 0 Å². The highest BCUT2D eigenvalue weighted by Gasteiger charge is 2.17. The van der Waals surface area contributed by atoms with Crippen molar-refractivity contribution in [3.05, 3.63) is 188 Å². The number of benzene rings is 9. The van der Waals surface area contributed by atoms with Crippen molar-refractivity contribution < 1.29 is 4.42 Å². The van der Waals surface area contributed by atoms with Gasteiger partial charge in [-0.25, -0.2) is 0 Å². The Morgan fingerprint density at radius 1 is 0.358 bits per heavy atom. The molecular weight excluding hydrogens is 663 g/mol. The van der Waals surface area contributed by atoms with Crippen LogP contribution < -0.4 is 4.90 Å². The van der Waals surface area contributed by atoms with Gasteiger partial charge in [0.1, 0.15) is 11.2 Å². The van der Waals surface area contributed by atoms with Crippen LogP contribution in [-0.2, 0) is 0 Å². The predicted octanol–water partition coefficient (Wildman–Crippen LogP) is 15.1. The summed E-state index contributed by atoms with van der Waals surface area (Å²) in [6.07, 6.45) is 0. The Balaban J connectivity index is 1.01. The number of para-hydroxylation sites is 1. The van der Waals surface area contributed by atoms with Gasteiger partial charge in [-0.15, -0.1) is 11.3 Å². The summed E-state index contributed by atoms with van der Waals surface area (Å²) in [4.78, 5) is 2.35. The lowest BCUT2D eigenvalue weighted by Gasteiger charge is -2.26. The maximum Gasteiger partial charge on any atom is 0.135 e. The summed E-state index contributed by atoms with van der Waals surface area (Å²) in [5, 5.41) is 9.99. The molecule has 0 saturated heterocycles. The largest absolute Gasteiger partial charge is 0.456 e. The van der Waals surface area contributed by atoms with Crippen LogP contribution in [-0.4, -0.2) is 0 Å². The first-order valence-corrected chi connectivity index (χ1v) is 18.8. The van der Waals surface area contributed by atoms with Gasteiger partial charge >= 0.3 is 0 Å². The molecule has 0 fully saturated rings. The zero-order valence-electron chi connectivity index (χ0n) is 28.7. The second-order valence-electron chi connectivity index (χ2n) is 13.7. The van der Waals surface area contributed by atoms with Crippen molar-refractivity contribution in [1.82, 2.24) is 0 Å². The maximum atomic E-state index is 6.22. The van der Waals surface area contributed by atoms with Crippen LogP contribution in [0, 0.1) is 0 Å². The molecule has 0 spiro atoms. The molecule has 2 aromatic heterocycles. The highest BCUT2D eigenvalue weighted by atomic mass is 32.1. The maximum absolute atomic E-state index is 6.22. The average molecular weight is 694 g/mol. The van der Waals surface area contributed by atoms with Crippen LogP contribution in [0.5, 0.6) is 0 Å². The summed E-state index contributed by atoms with van der Waals surface area (Å²) in [6, 6.07) is 68.0. The zero-order chi connectivity index (χ0) is 34.9. The summed E-state index contributed by atoms with van der Waals surface area (Å²) in [6.45, 7) is 0. The summed E-state index contributed by atoms with van der Waals surface area (Å²) < 4.78 is 8.88. The Bertz CT molecular complexity index is 3160. The van der Waals surface area contributed by atoms with Gasteiger partial charge in [0.2, 0.25) is 0 Å². The lowest BCUT2D eigenvalue weighted by molar-refractivity contribution is 0.669. The monoisotopic (exact) mass is 693 g/mol. The Morgan fingerprint density at radius 2 is 0.962 bits per heavy atom. The lowest BCUT2D eigenvalue weighted by Crippen LogP contribution is -2.09. The minimum atomic E-state index is 0.890. The second kappa shape index (κ2) is 11.9. The first kappa shape index (κ1) is 30.0. The van der Waals surface area contributed by atoms with E-state index in [1.807, 2.05) is 23.5 Å². The van der Waals surface area contributed by atoms with Crippen molar-refractivity contribution in [2.24, 2.45) is 0 Å². The molecule has 0 N–H and O–H groups in total. The molecule has 53 heavy (non-hydrogen) atoms. The van der Waals surface area contributed by atoms with Crippen LogP contribution in [0.15, 0.2) is 192 Å². The Hall–Kier alpha value is -6.68. The molecule has 0 aliphatic carbocycles. The van der Waals surface area contributed by atoms with Crippen molar-refractivity contribution in [2.75, 3.05) is 4.90 Å². The summed E-state index contributed by atoms with van der Waals surface area (Å²) in [5.74, 6) is 0. The number of hydrogen-bond donors (Lipinski definition) is 0. The molecule has 0 bridgehead atoms. The predicted molar refractivity (Wildman–Crippen MR) is 227 cm³/mol. The van der Waals surface area contributed by atoms with Gasteiger partial charge in [0.25, 0.3) is 0 Å². The molecule has 11 aromatic rings. The van der Waals surface area contributed by atoms with Crippen molar-refractivity contribution in [2.45, 2.75) is 0 Å². The van der Waals surface area contributed by atoms with Crippen molar-refractivity contribution in [1.29, 1.82) is 0 Å². The lowest BCUT2D eigenvalue weighted by atomic mass is 9.98.